The van der Waals surface area contributed by atoms with Gasteiger partial charge in [-0.25, -0.2) is 9.37 Å². The van der Waals surface area contributed by atoms with Crippen LogP contribution in [0.2, 0.25) is 0 Å². The van der Waals surface area contributed by atoms with E-state index in [1.807, 2.05) is 13.0 Å². The van der Waals surface area contributed by atoms with Gasteiger partial charge in [-0.3, -0.25) is 10.1 Å². The lowest BCUT2D eigenvalue weighted by Gasteiger charge is -2.38. The van der Waals surface area contributed by atoms with E-state index in [1.165, 1.54) is 12.1 Å². The molecular formula is C20H24FIN6O2. The summed E-state index contributed by atoms with van der Waals surface area (Å²) in [5.41, 5.74) is 0.941. The van der Waals surface area contributed by atoms with Gasteiger partial charge in [0.2, 0.25) is 5.82 Å². The molecular weight excluding hydrogens is 502 g/mol. The minimum atomic E-state index is -0.257. The topological polar surface area (TPSA) is 91.6 Å². The molecule has 3 heterocycles. The lowest BCUT2D eigenvalue weighted by molar-refractivity contribution is -0.0605. The van der Waals surface area contributed by atoms with E-state index in [-0.39, 0.29) is 42.0 Å². The van der Waals surface area contributed by atoms with Gasteiger partial charge < -0.3 is 19.4 Å². The molecule has 1 aliphatic heterocycles. The minimum Gasteiger partial charge on any atom is -0.461 e. The van der Waals surface area contributed by atoms with Gasteiger partial charge in [0.25, 0.3) is 0 Å². The molecule has 8 nitrogen and oxygen atoms in total. The summed E-state index contributed by atoms with van der Waals surface area (Å²) in [6.45, 7) is 3.77. The van der Waals surface area contributed by atoms with Crippen molar-refractivity contribution in [3.8, 4) is 11.6 Å². The molecule has 0 bridgehead atoms. The van der Waals surface area contributed by atoms with Crippen molar-refractivity contribution in [2.24, 2.45) is 4.99 Å². The number of hydrogen-bond acceptors (Lipinski definition) is 5. The first-order chi connectivity index (χ1) is 14.1. The Morgan fingerprint density at radius 1 is 1.30 bits per heavy atom. The molecule has 1 aromatic carbocycles. The molecule has 0 amide bonds. The van der Waals surface area contributed by atoms with Crippen molar-refractivity contribution >= 4 is 29.9 Å². The van der Waals surface area contributed by atoms with Gasteiger partial charge >= 0.3 is 0 Å². The van der Waals surface area contributed by atoms with Gasteiger partial charge in [0.15, 0.2) is 11.7 Å². The highest BCUT2D eigenvalue weighted by molar-refractivity contribution is 14.0. The summed E-state index contributed by atoms with van der Waals surface area (Å²) in [4.78, 5) is 11.0. The van der Waals surface area contributed by atoms with Gasteiger partial charge in [0, 0.05) is 13.6 Å². The van der Waals surface area contributed by atoms with Gasteiger partial charge in [-0.05, 0) is 36.8 Å². The molecule has 4 rings (SSSR count). The predicted octanol–water partition coefficient (Wildman–Crippen LogP) is 3.36. The number of benzene rings is 1. The summed E-state index contributed by atoms with van der Waals surface area (Å²) in [5.74, 6) is 2.28. The second kappa shape index (κ2) is 10.0. The molecule has 0 aliphatic carbocycles. The average molecular weight is 526 g/mol. The number of furan rings is 1. The highest BCUT2D eigenvalue weighted by atomic mass is 127. The van der Waals surface area contributed by atoms with Crippen LogP contribution < -0.4 is 5.32 Å². The molecule has 2 unspecified atom stereocenters. The second-order valence-electron chi connectivity index (χ2n) is 6.88. The van der Waals surface area contributed by atoms with Gasteiger partial charge in [-0.2, -0.15) is 0 Å². The van der Waals surface area contributed by atoms with E-state index in [0.717, 1.165) is 11.5 Å². The van der Waals surface area contributed by atoms with Crippen molar-refractivity contribution in [1.82, 2.24) is 25.4 Å². The summed E-state index contributed by atoms with van der Waals surface area (Å²) in [5, 5.41) is 10.4. The van der Waals surface area contributed by atoms with Crippen LogP contribution in [0.25, 0.3) is 11.6 Å². The van der Waals surface area contributed by atoms with Crippen molar-refractivity contribution in [3.63, 3.8) is 0 Å². The van der Waals surface area contributed by atoms with Crippen LogP contribution >= 0.6 is 24.0 Å². The van der Waals surface area contributed by atoms with Crippen LogP contribution in [0.5, 0.6) is 0 Å². The Morgan fingerprint density at radius 2 is 2.10 bits per heavy atom. The fourth-order valence-corrected chi connectivity index (χ4v) is 3.37. The van der Waals surface area contributed by atoms with Crippen LogP contribution in [0, 0.1) is 5.82 Å². The lowest BCUT2D eigenvalue weighted by atomic mass is 10.1. The molecule has 10 heteroatoms. The number of hydrogen-bond donors (Lipinski definition) is 2. The van der Waals surface area contributed by atoms with E-state index in [9.17, 15) is 4.39 Å². The predicted molar refractivity (Wildman–Crippen MR) is 121 cm³/mol. The van der Waals surface area contributed by atoms with Gasteiger partial charge in [-0.15, -0.1) is 29.1 Å². The molecule has 1 saturated heterocycles. The molecule has 3 aromatic rings. The van der Waals surface area contributed by atoms with Crippen LogP contribution in [-0.4, -0.2) is 52.3 Å². The first-order valence-corrected chi connectivity index (χ1v) is 9.44. The Bertz CT molecular complexity index is 960. The van der Waals surface area contributed by atoms with Crippen molar-refractivity contribution in [2.45, 2.75) is 25.7 Å². The van der Waals surface area contributed by atoms with Crippen molar-refractivity contribution in [2.75, 3.05) is 20.1 Å². The van der Waals surface area contributed by atoms with Crippen LogP contribution in [0.4, 0.5) is 4.39 Å². The smallest absolute Gasteiger partial charge is 0.216 e. The fraction of sp³-hybridized carbons (Fsp3) is 0.350. The summed E-state index contributed by atoms with van der Waals surface area (Å²) >= 11 is 0. The molecule has 1 fully saturated rings. The Morgan fingerprint density at radius 3 is 2.80 bits per heavy atom. The number of guanidine groups is 1. The molecule has 2 atom stereocenters. The maximum absolute atomic E-state index is 13.2. The highest BCUT2D eigenvalue weighted by Crippen LogP contribution is 2.25. The summed E-state index contributed by atoms with van der Waals surface area (Å²) in [6, 6.07) is 10.0. The third-order valence-electron chi connectivity index (χ3n) is 4.70. The van der Waals surface area contributed by atoms with E-state index in [0.29, 0.717) is 37.0 Å². The normalized spacial score (nSPS) is 19.4. The molecule has 160 valence electrons. The van der Waals surface area contributed by atoms with Gasteiger partial charge in [0.05, 0.1) is 25.5 Å². The van der Waals surface area contributed by atoms with Crippen molar-refractivity contribution in [1.29, 1.82) is 0 Å². The van der Waals surface area contributed by atoms with Gasteiger partial charge in [-0.1, -0.05) is 12.1 Å². The molecule has 0 spiro atoms. The molecule has 2 aromatic heterocycles. The number of aromatic nitrogens is 3. The second-order valence-corrected chi connectivity index (χ2v) is 6.88. The number of aliphatic imine (C=N–C) groups is 1. The van der Waals surface area contributed by atoms with Crippen molar-refractivity contribution < 1.29 is 13.5 Å². The van der Waals surface area contributed by atoms with E-state index < -0.39 is 0 Å². The Hall–Kier alpha value is -2.47. The van der Waals surface area contributed by atoms with Gasteiger partial charge in [0.1, 0.15) is 17.7 Å². The maximum atomic E-state index is 13.2. The fourth-order valence-electron chi connectivity index (χ4n) is 3.37. The third-order valence-corrected chi connectivity index (χ3v) is 4.70. The summed E-state index contributed by atoms with van der Waals surface area (Å²) in [6.07, 6.45) is 1.43. The van der Waals surface area contributed by atoms with E-state index >= 15 is 0 Å². The van der Waals surface area contributed by atoms with Crippen LogP contribution in [0.1, 0.15) is 24.4 Å². The molecule has 0 radical (unpaired) electrons. The molecule has 1 aliphatic rings. The number of H-pyrrole nitrogens is 1. The summed E-state index contributed by atoms with van der Waals surface area (Å²) in [7, 11) is 1.74. The van der Waals surface area contributed by atoms with E-state index in [2.05, 4.69) is 30.4 Å². The highest BCUT2D eigenvalue weighted by Gasteiger charge is 2.28. The quantitative estimate of drug-likeness (QED) is 0.308. The number of aromatic amines is 1. The zero-order valence-electron chi connectivity index (χ0n) is 16.7. The third kappa shape index (κ3) is 5.17. The number of morpholine rings is 1. The maximum Gasteiger partial charge on any atom is 0.216 e. The standard InChI is InChI=1S/C20H23FN6O2.HI/c1-13-11-27(12-17(29-13)14-5-7-15(21)8-6-14)20(22-2)23-10-18-24-19(26-25-18)16-4-3-9-28-16;/h3-9,13,17H,10-12H2,1-2H3,(H,22,23)(H,24,25,26);1H. The number of rotatable bonds is 4. The molecule has 2 N–H and O–H groups in total. The number of nitrogens with zero attached hydrogens (tertiary/aromatic N) is 4. The summed E-state index contributed by atoms with van der Waals surface area (Å²) < 4.78 is 24.6. The Kier molecular flexibility index (Phi) is 7.43. The molecule has 30 heavy (non-hydrogen) atoms. The first-order valence-electron chi connectivity index (χ1n) is 9.44. The Labute approximate surface area is 190 Å². The van der Waals surface area contributed by atoms with Crippen LogP contribution in [-0.2, 0) is 11.3 Å². The average Bonchev–Trinajstić information content (AvgIpc) is 3.40. The zero-order valence-corrected chi connectivity index (χ0v) is 19.0. The number of halogens is 2. The Balaban J connectivity index is 0.00000256. The SMILES string of the molecule is CN=C(NCc1nc(-c2ccco2)n[nH]1)N1CC(C)OC(c2ccc(F)cc2)C1.I. The number of nitrogens with one attached hydrogen (secondary N) is 2. The number of ether oxygens (including phenoxy) is 1. The lowest BCUT2D eigenvalue weighted by Crippen LogP contribution is -2.50. The first kappa shape index (κ1) is 22.2. The monoisotopic (exact) mass is 526 g/mol. The largest absolute Gasteiger partial charge is 0.461 e. The van der Waals surface area contributed by atoms with E-state index in [4.69, 9.17) is 9.15 Å². The minimum absolute atomic E-state index is 0. The zero-order chi connectivity index (χ0) is 20.2. The van der Waals surface area contributed by atoms with E-state index in [1.54, 1.807) is 31.5 Å². The van der Waals surface area contributed by atoms with Crippen molar-refractivity contribution in [3.05, 3.63) is 59.9 Å². The van der Waals surface area contributed by atoms with Crippen LogP contribution in [0.15, 0.2) is 52.1 Å². The van der Waals surface area contributed by atoms with Crippen LogP contribution in [0.3, 0.4) is 0 Å². The molecule has 0 saturated carbocycles.